The Hall–Kier alpha value is -3.93. The van der Waals surface area contributed by atoms with Crippen LogP contribution in [0.2, 0.25) is 0 Å². The zero-order chi connectivity index (χ0) is 21.5. The van der Waals surface area contributed by atoms with Crippen LogP contribution in [0.25, 0.3) is 0 Å². The first-order valence-corrected chi connectivity index (χ1v) is 10.1. The SMILES string of the molecule is O=C1NC[C@H](c2ccccc2)[C@@H]1C(=O)N/N=C/c1cccc(OCc2ccccc2)c1. The van der Waals surface area contributed by atoms with E-state index in [2.05, 4.69) is 15.8 Å². The van der Waals surface area contributed by atoms with E-state index in [9.17, 15) is 9.59 Å². The van der Waals surface area contributed by atoms with E-state index in [4.69, 9.17) is 4.74 Å². The fourth-order valence-electron chi connectivity index (χ4n) is 3.60. The standard InChI is InChI=1S/C25H23N3O3/c29-24-23(22(16-26-24)20-11-5-2-6-12-20)25(30)28-27-15-19-10-7-13-21(14-19)31-17-18-8-3-1-4-9-18/h1-15,22-23H,16-17H2,(H,26,29)(H,28,30)/b27-15+/t22-,23+/m1/s1. The molecule has 6 heteroatoms. The highest BCUT2D eigenvalue weighted by Gasteiger charge is 2.40. The first-order chi connectivity index (χ1) is 15.2. The van der Waals surface area contributed by atoms with Crippen LogP contribution in [0.3, 0.4) is 0 Å². The van der Waals surface area contributed by atoms with Crippen LogP contribution >= 0.6 is 0 Å². The molecule has 2 amide bonds. The molecule has 1 aliphatic heterocycles. The van der Waals surface area contributed by atoms with Crippen molar-refractivity contribution in [2.75, 3.05) is 6.54 Å². The quantitative estimate of drug-likeness (QED) is 0.355. The first kappa shape index (κ1) is 20.3. The van der Waals surface area contributed by atoms with E-state index < -0.39 is 11.8 Å². The van der Waals surface area contributed by atoms with Crippen LogP contribution in [-0.2, 0) is 16.2 Å². The van der Waals surface area contributed by atoms with Crippen molar-refractivity contribution in [1.29, 1.82) is 0 Å². The van der Waals surface area contributed by atoms with Crippen molar-refractivity contribution in [1.82, 2.24) is 10.7 Å². The van der Waals surface area contributed by atoms with Gasteiger partial charge in [-0.2, -0.15) is 5.10 Å². The highest BCUT2D eigenvalue weighted by atomic mass is 16.5. The van der Waals surface area contributed by atoms with Gasteiger partial charge >= 0.3 is 0 Å². The molecule has 2 atom stereocenters. The fraction of sp³-hybridized carbons (Fsp3) is 0.160. The molecule has 1 heterocycles. The lowest BCUT2D eigenvalue weighted by Gasteiger charge is -2.15. The molecule has 2 N–H and O–H groups in total. The van der Waals surface area contributed by atoms with Crippen molar-refractivity contribution in [2.24, 2.45) is 11.0 Å². The molecule has 0 radical (unpaired) electrons. The van der Waals surface area contributed by atoms with Gasteiger partial charge in [0.15, 0.2) is 0 Å². The average molecular weight is 413 g/mol. The summed E-state index contributed by atoms with van der Waals surface area (Å²) in [7, 11) is 0. The van der Waals surface area contributed by atoms with Gasteiger partial charge in [0.25, 0.3) is 5.91 Å². The maximum atomic E-state index is 12.6. The van der Waals surface area contributed by atoms with E-state index in [-0.39, 0.29) is 11.8 Å². The monoisotopic (exact) mass is 413 g/mol. The van der Waals surface area contributed by atoms with Gasteiger partial charge in [0.2, 0.25) is 5.91 Å². The molecular formula is C25H23N3O3. The minimum atomic E-state index is -0.805. The summed E-state index contributed by atoms with van der Waals surface area (Å²) in [6.07, 6.45) is 1.54. The molecule has 4 rings (SSSR count). The van der Waals surface area contributed by atoms with E-state index in [1.54, 1.807) is 0 Å². The lowest BCUT2D eigenvalue weighted by molar-refractivity contribution is -0.133. The molecule has 0 saturated carbocycles. The number of hydrazone groups is 1. The van der Waals surface area contributed by atoms with Crippen LogP contribution in [0.4, 0.5) is 0 Å². The predicted molar refractivity (Wildman–Crippen MR) is 119 cm³/mol. The third kappa shape index (κ3) is 5.17. The molecular weight excluding hydrogens is 390 g/mol. The van der Waals surface area contributed by atoms with Gasteiger partial charge in [-0.25, -0.2) is 5.43 Å². The largest absolute Gasteiger partial charge is 0.489 e. The Morgan fingerprint density at radius 2 is 1.77 bits per heavy atom. The Morgan fingerprint density at radius 3 is 2.55 bits per heavy atom. The predicted octanol–water partition coefficient (Wildman–Crippen LogP) is 3.25. The number of rotatable bonds is 7. The molecule has 156 valence electrons. The van der Waals surface area contributed by atoms with E-state index in [0.29, 0.717) is 18.9 Å². The summed E-state index contributed by atoms with van der Waals surface area (Å²) in [6, 6.07) is 26.9. The summed E-state index contributed by atoms with van der Waals surface area (Å²) in [5.41, 5.74) is 5.32. The van der Waals surface area contributed by atoms with Gasteiger partial charge in [-0.05, 0) is 28.8 Å². The van der Waals surface area contributed by atoms with E-state index >= 15 is 0 Å². The maximum absolute atomic E-state index is 12.6. The van der Waals surface area contributed by atoms with Gasteiger partial charge in [0.05, 0.1) is 6.21 Å². The van der Waals surface area contributed by atoms with Gasteiger partial charge < -0.3 is 10.1 Å². The first-order valence-electron chi connectivity index (χ1n) is 10.1. The molecule has 6 nitrogen and oxygen atoms in total. The number of benzene rings is 3. The zero-order valence-electron chi connectivity index (χ0n) is 16.9. The molecule has 0 unspecified atom stereocenters. The molecule has 1 fully saturated rings. The van der Waals surface area contributed by atoms with Crippen LogP contribution in [0.15, 0.2) is 90.0 Å². The molecule has 0 spiro atoms. The Balaban J connectivity index is 1.36. The Labute approximate surface area is 180 Å². The van der Waals surface area contributed by atoms with Crippen LogP contribution in [0, 0.1) is 5.92 Å². The van der Waals surface area contributed by atoms with Crippen LogP contribution in [-0.4, -0.2) is 24.6 Å². The highest BCUT2D eigenvalue weighted by Crippen LogP contribution is 2.29. The van der Waals surface area contributed by atoms with Crippen molar-refractivity contribution >= 4 is 18.0 Å². The average Bonchev–Trinajstić information content (AvgIpc) is 3.21. The van der Waals surface area contributed by atoms with Crippen LogP contribution < -0.4 is 15.5 Å². The third-order valence-corrected chi connectivity index (χ3v) is 5.19. The van der Waals surface area contributed by atoms with Gasteiger partial charge in [-0.15, -0.1) is 0 Å². The topological polar surface area (TPSA) is 79.8 Å². The maximum Gasteiger partial charge on any atom is 0.253 e. The second-order valence-corrected chi connectivity index (χ2v) is 7.32. The molecule has 3 aromatic rings. The summed E-state index contributed by atoms with van der Waals surface area (Å²) >= 11 is 0. The molecule has 0 aliphatic carbocycles. The van der Waals surface area contributed by atoms with Crippen molar-refractivity contribution < 1.29 is 14.3 Å². The van der Waals surface area contributed by atoms with Gasteiger partial charge in [-0.1, -0.05) is 72.8 Å². The molecule has 1 saturated heterocycles. The summed E-state index contributed by atoms with van der Waals surface area (Å²) in [5, 5.41) is 6.82. The number of nitrogens with one attached hydrogen (secondary N) is 2. The number of ether oxygens (including phenoxy) is 1. The van der Waals surface area contributed by atoms with Crippen LogP contribution in [0.1, 0.15) is 22.6 Å². The minimum Gasteiger partial charge on any atom is -0.489 e. The number of carbonyl (C=O) groups is 2. The smallest absolute Gasteiger partial charge is 0.253 e. The van der Waals surface area contributed by atoms with Gasteiger partial charge in [0.1, 0.15) is 18.3 Å². The number of nitrogens with zero attached hydrogens (tertiary/aromatic N) is 1. The lowest BCUT2D eigenvalue weighted by atomic mass is 9.88. The minimum absolute atomic E-state index is 0.210. The third-order valence-electron chi connectivity index (χ3n) is 5.19. The number of carbonyl (C=O) groups excluding carboxylic acids is 2. The second kappa shape index (κ2) is 9.71. The number of hydrogen-bond acceptors (Lipinski definition) is 4. The second-order valence-electron chi connectivity index (χ2n) is 7.32. The Kier molecular flexibility index (Phi) is 6.38. The Bertz CT molecular complexity index is 1070. The van der Waals surface area contributed by atoms with Gasteiger partial charge in [-0.3, -0.25) is 9.59 Å². The van der Waals surface area contributed by atoms with Crippen LogP contribution in [0.5, 0.6) is 5.75 Å². The van der Waals surface area contributed by atoms with E-state index in [1.807, 2.05) is 84.9 Å². The summed E-state index contributed by atoms with van der Waals surface area (Å²) < 4.78 is 5.82. The zero-order valence-corrected chi connectivity index (χ0v) is 16.9. The molecule has 0 aromatic heterocycles. The molecule has 31 heavy (non-hydrogen) atoms. The summed E-state index contributed by atoms with van der Waals surface area (Å²) in [5.74, 6) is -1.01. The normalized spacial score (nSPS) is 18.0. The molecule has 0 bridgehead atoms. The van der Waals surface area contributed by atoms with Crippen molar-refractivity contribution in [2.45, 2.75) is 12.5 Å². The Morgan fingerprint density at radius 1 is 1.03 bits per heavy atom. The number of amides is 2. The van der Waals surface area contributed by atoms with E-state index in [1.165, 1.54) is 6.21 Å². The number of hydrogen-bond donors (Lipinski definition) is 2. The lowest BCUT2D eigenvalue weighted by Crippen LogP contribution is -2.34. The van der Waals surface area contributed by atoms with Gasteiger partial charge in [0, 0.05) is 12.5 Å². The van der Waals surface area contributed by atoms with Crippen molar-refractivity contribution in [3.8, 4) is 5.75 Å². The van der Waals surface area contributed by atoms with Crippen molar-refractivity contribution in [3.63, 3.8) is 0 Å². The summed E-state index contributed by atoms with van der Waals surface area (Å²) in [6.45, 7) is 0.904. The molecule has 1 aliphatic rings. The van der Waals surface area contributed by atoms with E-state index in [0.717, 1.165) is 16.7 Å². The molecule has 3 aromatic carbocycles. The van der Waals surface area contributed by atoms with Crippen molar-refractivity contribution in [3.05, 3.63) is 102 Å². The highest BCUT2D eigenvalue weighted by molar-refractivity contribution is 6.03. The fourth-order valence-corrected chi connectivity index (χ4v) is 3.60. The summed E-state index contributed by atoms with van der Waals surface area (Å²) in [4.78, 5) is 24.9.